The Bertz CT molecular complexity index is 1770. The average molecular weight is 581 g/mol. The summed E-state index contributed by atoms with van der Waals surface area (Å²) in [6, 6.07) is 13.8. The molecule has 5 aromatic rings. The first-order valence-electron chi connectivity index (χ1n) is 14.5. The summed E-state index contributed by atoms with van der Waals surface area (Å²) in [4.78, 5) is 27.1. The predicted octanol–water partition coefficient (Wildman–Crippen LogP) is 5.45. The molecule has 0 saturated carbocycles. The Balaban J connectivity index is 1.25. The van der Waals surface area contributed by atoms with Crippen LogP contribution >= 0.6 is 0 Å². The van der Waals surface area contributed by atoms with Gasteiger partial charge in [-0.2, -0.15) is 5.10 Å². The van der Waals surface area contributed by atoms with Crippen LogP contribution in [0.25, 0.3) is 28.0 Å². The van der Waals surface area contributed by atoms with Gasteiger partial charge in [0.1, 0.15) is 17.1 Å². The van der Waals surface area contributed by atoms with Gasteiger partial charge in [0.05, 0.1) is 43.4 Å². The van der Waals surface area contributed by atoms with Crippen molar-refractivity contribution in [2.24, 2.45) is 0 Å². The second-order valence-corrected chi connectivity index (χ2v) is 11.2. The number of carbonyl (C=O) groups excluding carboxylic acids is 1. The van der Waals surface area contributed by atoms with Crippen molar-refractivity contribution in [3.05, 3.63) is 83.5 Å². The van der Waals surface area contributed by atoms with Gasteiger partial charge >= 0.3 is 5.97 Å². The number of esters is 1. The topological polar surface area (TPSA) is 98.8 Å². The number of oxazole rings is 1. The lowest BCUT2D eigenvalue weighted by Gasteiger charge is -2.36. The molecule has 10 heteroatoms. The number of aryl methyl sites for hydroxylation is 2. The molecule has 1 fully saturated rings. The normalized spacial score (nSPS) is 14.5. The standard InChI is InChI=1S/C33H36N6O4/c1-21(2)38-13-11-37(12-14-38)20-25-18-35-32(42-25)26-7-6-8-29-28(26)19-36-39(29)24-16-27(31(41-5)34-17-24)33(40)43-30-10-9-22(3)15-23(30)4/h6-10,15-19,21H,11-14,20H2,1-5H3. The highest BCUT2D eigenvalue weighted by molar-refractivity contribution is 5.95. The first kappa shape index (κ1) is 28.6. The van der Waals surface area contributed by atoms with Gasteiger partial charge in [-0.15, -0.1) is 0 Å². The van der Waals surface area contributed by atoms with E-state index >= 15 is 0 Å². The Kier molecular flexibility index (Phi) is 7.96. The second kappa shape index (κ2) is 12.0. The van der Waals surface area contributed by atoms with E-state index in [-0.39, 0.29) is 11.4 Å². The lowest BCUT2D eigenvalue weighted by atomic mass is 10.1. The third-order valence-electron chi connectivity index (χ3n) is 7.94. The number of ether oxygens (including phenoxy) is 2. The highest BCUT2D eigenvalue weighted by Crippen LogP contribution is 2.31. The molecule has 6 rings (SSSR count). The highest BCUT2D eigenvalue weighted by atomic mass is 16.5. The molecule has 0 unspecified atom stereocenters. The molecule has 0 spiro atoms. The first-order valence-corrected chi connectivity index (χ1v) is 14.5. The quantitative estimate of drug-likeness (QED) is 0.175. The molecule has 0 aliphatic carbocycles. The summed E-state index contributed by atoms with van der Waals surface area (Å²) in [5.41, 5.74) is 4.41. The van der Waals surface area contributed by atoms with E-state index in [0.717, 1.165) is 66.1 Å². The fraction of sp³-hybridized carbons (Fsp3) is 0.333. The fourth-order valence-corrected chi connectivity index (χ4v) is 5.54. The number of benzene rings is 2. The number of pyridine rings is 1. The third-order valence-corrected chi connectivity index (χ3v) is 7.94. The molecule has 0 radical (unpaired) electrons. The van der Waals surface area contributed by atoms with Crippen molar-refractivity contribution < 1.29 is 18.7 Å². The van der Waals surface area contributed by atoms with Crippen LogP contribution in [0.4, 0.5) is 0 Å². The van der Waals surface area contributed by atoms with Gasteiger partial charge < -0.3 is 13.9 Å². The van der Waals surface area contributed by atoms with Gasteiger partial charge in [-0.1, -0.05) is 23.8 Å². The summed E-state index contributed by atoms with van der Waals surface area (Å²) in [5, 5.41) is 5.51. The Labute approximate surface area is 250 Å². The summed E-state index contributed by atoms with van der Waals surface area (Å²) < 4.78 is 19.1. The van der Waals surface area contributed by atoms with E-state index in [0.29, 0.717) is 23.4 Å². The largest absolute Gasteiger partial charge is 0.480 e. The molecule has 0 amide bonds. The van der Waals surface area contributed by atoms with E-state index in [2.05, 4.69) is 38.7 Å². The molecule has 1 aliphatic rings. The van der Waals surface area contributed by atoms with Crippen molar-refractivity contribution in [1.82, 2.24) is 29.5 Å². The van der Waals surface area contributed by atoms with Crippen LogP contribution in [0.5, 0.6) is 11.6 Å². The van der Waals surface area contributed by atoms with Gasteiger partial charge in [0.25, 0.3) is 0 Å². The van der Waals surface area contributed by atoms with Crippen molar-refractivity contribution in [3.63, 3.8) is 0 Å². The summed E-state index contributed by atoms with van der Waals surface area (Å²) >= 11 is 0. The van der Waals surface area contributed by atoms with Crippen molar-refractivity contribution in [2.75, 3.05) is 33.3 Å². The predicted molar refractivity (Wildman–Crippen MR) is 164 cm³/mol. The van der Waals surface area contributed by atoms with E-state index in [9.17, 15) is 4.79 Å². The van der Waals surface area contributed by atoms with E-state index in [1.54, 1.807) is 29.2 Å². The van der Waals surface area contributed by atoms with Gasteiger partial charge in [0.2, 0.25) is 11.8 Å². The molecular formula is C33H36N6O4. The van der Waals surface area contributed by atoms with Crippen LogP contribution in [0.15, 0.2) is 65.5 Å². The minimum Gasteiger partial charge on any atom is -0.480 e. The number of rotatable bonds is 8. The van der Waals surface area contributed by atoms with Gasteiger partial charge in [0.15, 0.2) is 0 Å². The van der Waals surface area contributed by atoms with Gasteiger partial charge in [0, 0.05) is 43.2 Å². The van der Waals surface area contributed by atoms with Crippen LogP contribution in [0.3, 0.4) is 0 Å². The number of piperazine rings is 1. The molecular weight excluding hydrogens is 544 g/mol. The van der Waals surface area contributed by atoms with Crippen LogP contribution in [0, 0.1) is 13.8 Å². The maximum absolute atomic E-state index is 13.2. The Morgan fingerprint density at radius 2 is 1.81 bits per heavy atom. The smallest absolute Gasteiger partial charge is 0.349 e. The maximum atomic E-state index is 13.2. The summed E-state index contributed by atoms with van der Waals surface area (Å²) in [6.45, 7) is 13.2. The van der Waals surface area contributed by atoms with Crippen LogP contribution < -0.4 is 9.47 Å². The van der Waals surface area contributed by atoms with Crippen molar-refractivity contribution in [1.29, 1.82) is 0 Å². The molecule has 222 valence electrons. The minimum atomic E-state index is -0.562. The van der Waals surface area contributed by atoms with Crippen molar-refractivity contribution in [3.8, 4) is 28.8 Å². The molecule has 0 bridgehead atoms. The van der Waals surface area contributed by atoms with Crippen molar-refractivity contribution in [2.45, 2.75) is 40.3 Å². The lowest BCUT2D eigenvalue weighted by molar-refractivity contribution is 0.0729. The van der Waals surface area contributed by atoms with Crippen molar-refractivity contribution >= 4 is 16.9 Å². The number of hydrogen-bond donors (Lipinski definition) is 0. The molecule has 4 heterocycles. The zero-order valence-electron chi connectivity index (χ0n) is 25.2. The molecule has 0 atom stereocenters. The molecule has 2 aromatic carbocycles. The van der Waals surface area contributed by atoms with Gasteiger partial charge in [-0.25, -0.2) is 19.4 Å². The Morgan fingerprint density at radius 1 is 1.00 bits per heavy atom. The minimum absolute atomic E-state index is 0.175. The fourth-order valence-electron chi connectivity index (χ4n) is 5.54. The SMILES string of the molecule is COc1ncc(-n2ncc3c(-c4ncc(CN5CCN(C(C)C)CC5)o4)cccc32)cc1C(=O)Oc1ccc(C)cc1C. The number of carbonyl (C=O) groups is 1. The number of aromatic nitrogens is 4. The first-order chi connectivity index (χ1) is 20.8. The highest BCUT2D eigenvalue weighted by Gasteiger charge is 2.22. The molecule has 10 nitrogen and oxygen atoms in total. The second-order valence-electron chi connectivity index (χ2n) is 11.2. The van der Waals surface area contributed by atoms with E-state index in [1.807, 2.05) is 50.4 Å². The van der Waals surface area contributed by atoms with E-state index in [1.165, 1.54) is 7.11 Å². The zero-order valence-corrected chi connectivity index (χ0v) is 25.2. The van der Waals surface area contributed by atoms with E-state index in [4.69, 9.17) is 13.9 Å². The Morgan fingerprint density at radius 3 is 2.56 bits per heavy atom. The molecule has 3 aromatic heterocycles. The molecule has 1 saturated heterocycles. The summed E-state index contributed by atoms with van der Waals surface area (Å²) in [7, 11) is 1.47. The molecule has 43 heavy (non-hydrogen) atoms. The summed E-state index contributed by atoms with van der Waals surface area (Å²) in [5.74, 6) is 1.48. The van der Waals surface area contributed by atoms with Crippen LogP contribution in [0.1, 0.15) is 41.1 Å². The maximum Gasteiger partial charge on any atom is 0.349 e. The average Bonchev–Trinajstić information content (AvgIpc) is 3.66. The number of fused-ring (bicyclic) bond motifs is 1. The number of methoxy groups -OCH3 is 1. The number of nitrogens with zero attached hydrogens (tertiary/aromatic N) is 6. The number of hydrogen-bond acceptors (Lipinski definition) is 9. The van der Waals surface area contributed by atoms with Gasteiger partial charge in [-0.3, -0.25) is 9.80 Å². The molecule has 0 N–H and O–H groups in total. The van der Waals surface area contributed by atoms with Crippen LogP contribution in [0.2, 0.25) is 0 Å². The third kappa shape index (κ3) is 5.89. The summed E-state index contributed by atoms with van der Waals surface area (Å²) in [6.07, 6.45) is 5.21. The van der Waals surface area contributed by atoms with Crippen LogP contribution in [-0.2, 0) is 6.54 Å². The van der Waals surface area contributed by atoms with Crippen LogP contribution in [-0.4, -0.2) is 74.8 Å². The lowest BCUT2D eigenvalue weighted by Crippen LogP contribution is -2.48. The zero-order chi connectivity index (χ0) is 30.1. The van der Waals surface area contributed by atoms with Gasteiger partial charge in [-0.05, 0) is 57.5 Å². The van der Waals surface area contributed by atoms with E-state index < -0.39 is 5.97 Å². The molecule has 1 aliphatic heterocycles. The Hall–Kier alpha value is -4.54. The monoisotopic (exact) mass is 580 g/mol.